The van der Waals surface area contributed by atoms with E-state index in [2.05, 4.69) is 11.9 Å². The van der Waals surface area contributed by atoms with Crippen LogP contribution in [0.25, 0.3) is 0 Å². The zero-order chi connectivity index (χ0) is 13.7. The zero-order valence-electron chi connectivity index (χ0n) is 11.0. The van der Waals surface area contributed by atoms with Crippen LogP contribution in [0.2, 0.25) is 0 Å². The summed E-state index contributed by atoms with van der Waals surface area (Å²) in [5.41, 5.74) is 5.80. The minimum atomic E-state index is -0.515. The maximum absolute atomic E-state index is 12.1. The Balaban J connectivity index is 2.79. The molecule has 0 radical (unpaired) electrons. The Morgan fingerprint density at radius 3 is 2.67 bits per heavy atom. The molecule has 1 aromatic heterocycles. The average molecular weight is 269 g/mol. The number of aryl methyl sites for hydroxylation is 2. The first-order valence-electron chi connectivity index (χ1n) is 5.95. The first-order valence-corrected chi connectivity index (χ1v) is 6.77. The number of aromatic nitrogens is 1. The molecule has 0 atom stereocenters. The molecule has 1 heterocycles. The number of rotatable bonds is 6. The summed E-state index contributed by atoms with van der Waals surface area (Å²) in [4.78, 5) is 29.2. The molecule has 100 valence electrons. The number of thiazole rings is 1. The SMILES string of the molecule is CCCCc1nc(C)c(C(=O)N(C)CC(N)=O)s1. The van der Waals surface area contributed by atoms with E-state index in [1.807, 2.05) is 6.92 Å². The van der Waals surface area contributed by atoms with Gasteiger partial charge in [0.25, 0.3) is 5.91 Å². The summed E-state index contributed by atoms with van der Waals surface area (Å²) in [7, 11) is 1.57. The molecule has 0 spiro atoms. The molecule has 2 amide bonds. The Morgan fingerprint density at radius 2 is 2.11 bits per heavy atom. The standard InChI is InChI=1S/C12H19N3O2S/c1-4-5-6-10-14-8(2)11(18-10)12(17)15(3)7-9(13)16/h4-7H2,1-3H3,(H2,13,16). The number of hydrogen-bond acceptors (Lipinski definition) is 4. The molecule has 1 rings (SSSR count). The number of nitrogens with zero attached hydrogens (tertiary/aromatic N) is 2. The molecule has 0 saturated heterocycles. The van der Waals surface area contributed by atoms with E-state index in [0.29, 0.717) is 4.88 Å². The number of nitrogens with two attached hydrogens (primary N) is 1. The van der Waals surface area contributed by atoms with Crippen LogP contribution in [-0.4, -0.2) is 35.3 Å². The predicted octanol–water partition coefficient (Wildman–Crippen LogP) is 1.35. The van der Waals surface area contributed by atoms with Gasteiger partial charge in [-0.25, -0.2) is 4.98 Å². The second-order valence-electron chi connectivity index (χ2n) is 4.25. The molecular weight excluding hydrogens is 250 g/mol. The van der Waals surface area contributed by atoms with Gasteiger partial charge in [0, 0.05) is 7.05 Å². The zero-order valence-corrected chi connectivity index (χ0v) is 11.8. The maximum atomic E-state index is 12.1. The van der Waals surface area contributed by atoms with Crippen LogP contribution in [0.5, 0.6) is 0 Å². The lowest BCUT2D eigenvalue weighted by atomic mass is 10.3. The van der Waals surface area contributed by atoms with E-state index in [1.54, 1.807) is 7.05 Å². The Bertz CT molecular complexity index is 443. The highest BCUT2D eigenvalue weighted by Crippen LogP contribution is 2.21. The molecule has 0 aliphatic rings. The Kier molecular flexibility index (Phi) is 5.27. The lowest BCUT2D eigenvalue weighted by Crippen LogP contribution is -2.35. The minimum Gasteiger partial charge on any atom is -0.368 e. The van der Waals surface area contributed by atoms with Crippen molar-refractivity contribution in [2.45, 2.75) is 33.1 Å². The van der Waals surface area contributed by atoms with Crippen molar-refractivity contribution in [1.82, 2.24) is 9.88 Å². The highest BCUT2D eigenvalue weighted by atomic mass is 32.1. The largest absolute Gasteiger partial charge is 0.368 e. The van der Waals surface area contributed by atoms with Crippen molar-refractivity contribution in [3.63, 3.8) is 0 Å². The highest BCUT2D eigenvalue weighted by molar-refractivity contribution is 7.13. The summed E-state index contributed by atoms with van der Waals surface area (Å²) >= 11 is 1.41. The fourth-order valence-electron chi connectivity index (χ4n) is 1.56. The lowest BCUT2D eigenvalue weighted by Gasteiger charge is -2.13. The van der Waals surface area contributed by atoms with Crippen molar-refractivity contribution in [1.29, 1.82) is 0 Å². The number of carbonyl (C=O) groups is 2. The number of likely N-dealkylation sites (N-methyl/N-ethyl adjacent to an activating group) is 1. The number of primary amides is 1. The van der Waals surface area contributed by atoms with Gasteiger partial charge in [-0.3, -0.25) is 9.59 Å². The molecule has 0 unspecified atom stereocenters. The molecule has 0 aromatic carbocycles. The molecule has 5 nitrogen and oxygen atoms in total. The molecule has 6 heteroatoms. The quantitative estimate of drug-likeness (QED) is 0.847. The summed E-state index contributed by atoms with van der Waals surface area (Å²) in [5, 5.41) is 0.977. The molecular formula is C12H19N3O2S. The van der Waals surface area contributed by atoms with Gasteiger partial charge in [0.15, 0.2) is 0 Å². The van der Waals surface area contributed by atoms with E-state index in [-0.39, 0.29) is 12.5 Å². The summed E-state index contributed by atoms with van der Waals surface area (Å²) < 4.78 is 0. The minimum absolute atomic E-state index is 0.0690. The van der Waals surface area contributed by atoms with Crippen molar-refractivity contribution in [3.8, 4) is 0 Å². The van der Waals surface area contributed by atoms with Crippen molar-refractivity contribution in [3.05, 3.63) is 15.6 Å². The van der Waals surface area contributed by atoms with Gasteiger partial charge in [0.2, 0.25) is 5.91 Å². The fraction of sp³-hybridized carbons (Fsp3) is 0.583. The Labute approximate surface area is 111 Å². The van der Waals surface area contributed by atoms with Crippen molar-refractivity contribution in [2.75, 3.05) is 13.6 Å². The second-order valence-corrected chi connectivity index (χ2v) is 5.34. The Hall–Kier alpha value is -1.43. The van der Waals surface area contributed by atoms with Crippen LogP contribution in [0.1, 0.15) is 40.1 Å². The lowest BCUT2D eigenvalue weighted by molar-refractivity contribution is -0.118. The molecule has 0 saturated carbocycles. The highest BCUT2D eigenvalue weighted by Gasteiger charge is 2.19. The molecule has 1 aromatic rings. The van der Waals surface area contributed by atoms with Crippen LogP contribution >= 0.6 is 11.3 Å². The topological polar surface area (TPSA) is 76.3 Å². The van der Waals surface area contributed by atoms with E-state index in [4.69, 9.17) is 5.73 Å². The predicted molar refractivity (Wildman–Crippen MR) is 71.6 cm³/mol. The van der Waals surface area contributed by atoms with Crippen molar-refractivity contribution < 1.29 is 9.59 Å². The van der Waals surface area contributed by atoms with Crippen molar-refractivity contribution >= 4 is 23.2 Å². The summed E-state index contributed by atoms with van der Waals surface area (Å²) in [5.74, 6) is -0.703. The monoisotopic (exact) mass is 269 g/mol. The molecule has 0 aliphatic heterocycles. The first kappa shape index (κ1) is 14.6. The number of amides is 2. The van der Waals surface area contributed by atoms with Gasteiger partial charge in [-0.15, -0.1) is 11.3 Å². The molecule has 0 fully saturated rings. The summed E-state index contributed by atoms with van der Waals surface area (Å²) in [6.07, 6.45) is 3.07. The number of carbonyl (C=O) groups excluding carboxylic acids is 2. The fourth-order valence-corrected chi connectivity index (χ4v) is 2.67. The molecule has 0 aliphatic carbocycles. The van der Waals surface area contributed by atoms with Crippen LogP contribution in [0.3, 0.4) is 0 Å². The van der Waals surface area contributed by atoms with Crippen LogP contribution in [0, 0.1) is 6.92 Å². The van der Waals surface area contributed by atoms with Gasteiger partial charge in [-0.2, -0.15) is 0 Å². The summed E-state index contributed by atoms with van der Waals surface area (Å²) in [6.45, 7) is 3.87. The number of hydrogen-bond donors (Lipinski definition) is 1. The second kappa shape index (κ2) is 6.49. The van der Waals surface area contributed by atoms with Crippen LogP contribution in [-0.2, 0) is 11.2 Å². The summed E-state index contributed by atoms with van der Waals surface area (Å²) in [6, 6.07) is 0. The van der Waals surface area contributed by atoms with Gasteiger partial charge < -0.3 is 10.6 Å². The van der Waals surface area contributed by atoms with Gasteiger partial charge >= 0.3 is 0 Å². The van der Waals surface area contributed by atoms with Crippen LogP contribution < -0.4 is 5.73 Å². The van der Waals surface area contributed by atoms with E-state index in [1.165, 1.54) is 16.2 Å². The third-order valence-electron chi connectivity index (χ3n) is 2.52. The van der Waals surface area contributed by atoms with Crippen molar-refractivity contribution in [2.24, 2.45) is 5.73 Å². The van der Waals surface area contributed by atoms with Crippen LogP contribution in [0.4, 0.5) is 0 Å². The molecule has 18 heavy (non-hydrogen) atoms. The Morgan fingerprint density at radius 1 is 1.44 bits per heavy atom. The smallest absolute Gasteiger partial charge is 0.266 e. The average Bonchev–Trinajstić information content (AvgIpc) is 2.66. The van der Waals surface area contributed by atoms with Gasteiger partial charge in [-0.05, 0) is 19.8 Å². The first-order chi connectivity index (χ1) is 8.45. The normalized spacial score (nSPS) is 10.4. The van der Waals surface area contributed by atoms with Gasteiger partial charge in [-0.1, -0.05) is 13.3 Å². The van der Waals surface area contributed by atoms with E-state index in [0.717, 1.165) is 30.0 Å². The third kappa shape index (κ3) is 3.80. The number of unbranched alkanes of at least 4 members (excludes halogenated alkanes) is 1. The maximum Gasteiger partial charge on any atom is 0.266 e. The van der Waals surface area contributed by atoms with Gasteiger partial charge in [0.05, 0.1) is 17.2 Å². The van der Waals surface area contributed by atoms with E-state index < -0.39 is 5.91 Å². The third-order valence-corrected chi connectivity index (χ3v) is 3.72. The van der Waals surface area contributed by atoms with E-state index in [9.17, 15) is 9.59 Å². The van der Waals surface area contributed by atoms with Crippen LogP contribution in [0.15, 0.2) is 0 Å². The van der Waals surface area contributed by atoms with E-state index >= 15 is 0 Å². The molecule has 0 bridgehead atoms. The molecule has 2 N–H and O–H groups in total. The van der Waals surface area contributed by atoms with Gasteiger partial charge in [0.1, 0.15) is 4.88 Å².